The van der Waals surface area contributed by atoms with Gasteiger partial charge in [0.15, 0.2) is 0 Å². The molecule has 5 nitrogen and oxygen atoms in total. The fraction of sp³-hybridized carbons (Fsp3) is 0.714. The van der Waals surface area contributed by atoms with Gasteiger partial charge in [-0.05, 0) is 25.7 Å². The fourth-order valence-corrected chi connectivity index (χ4v) is 1.85. The van der Waals surface area contributed by atoms with E-state index < -0.39 is 0 Å². The maximum Gasteiger partial charge on any atom is 0.254 e. The molecule has 5 heteroatoms. The van der Waals surface area contributed by atoms with Crippen LogP contribution in [0.4, 0.5) is 0 Å². The second-order valence-electron chi connectivity index (χ2n) is 5.05. The van der Waals surface area contributed by atoms with Crippen molar-refractivity contribution in [3.05, 3.63) is 17.5 Å². The normalized spacial score (nSPS) is 12.7. The summed E-state index contributed by atoms with van der Waals surface area (Å²) in [4.78, 5) is 12.1. The van der Waals surface area contributed by atoms with Crippen LogP contribution in [-0.2, 0) is 6.54 Å². The summed E-state index contributed by atoms with van der Waals surface area (Å²) in [6, 6.07) is 0. The van der Waals surface area contributed by atoms with Crippen molar-refractivity contribution in [1.82, 2.24) is 15.1 Å². The number of carbonyl (C=O) groups is 1. The van der Waals surface area contributed by atoms with Crippen LogP contribution in [0, 0.1) is 0 Å². The highest BCUT2D eigenvalue weighted by Crippen LogP contribution is 2.17. The molecule has 0 bridgehead atoms. The molecule has 0 aromatic carbocycles. The summed E-state index contributed by atoms with van der Waals surface area (Å²) in [5.74, 6) is 0.112. The van der Waals surface area contributed by atoms with Gasteiger partial charge in [-0.2, -0.15) is 5.10 Å². The lowest BCUT2D eigenvalue weighted by Gasteiger charge is -2.09. The Hall–Kier alpha value is -1.36. The molecule has 0 spiro atoms. The summed E-state index contributed by atoms with van der Waals surface area (Å²) in [5.41, 5.74) is 1.47. The Morgan fingerprint density at radius 2 is 2.16 bits per heavy atom. The van der Waals surface area contributed by atoms with Crippen LogP contribution in [0.1, 0.15) is 62.5 Å². The predicted octanol–water partition coefficient (Wildman–Crippen LogP) is 1.92. The molecule has 1 rings (SSSR count). The number of nitrogens with one attached hydrogen (secondary N) is 1. The van der Waals surface area contributed by atoms with Crippen LogP contribution in [0.2, 0.25) is 0 Å². The van der Waals surface area contributed by atoms with Gasteiger partial charge in [-0.25, -0.2) is 0 Å². The van der Waals surface area contributed by atoms with Gasteiger partial charge in [0.2, 0.25) is 0 Å². The minimum absolute atomic E-state index is 0.105. The molecule has 1 aromatic rings. The van der Waals surface area contributed by atoms with E-state index in [9.17, 15) is 9.90 Å². The summed E-state index contributed by atoms with van der Waals surface area (Å²) in [5, 5.41) is 16.7. The number of aliphatic hydroxyl groups excluding tert-OH is 1. The zero-order valence-corrected chi connectivity index (χ0v) is 12.3. The Bertz CT molecular complexity index is 413. The highest BCUT2D eigenvalue weighted by atomic mass is 16.3. The summed E-state index contributed by atoms with van der Waals surface area (Å²) in [6.45, 7) is 9.22. The van der Waals surface area contributed by atoms with Crippen molar-refractivity contribution in [3.8, 4) is 0 Å². The van der Waals surface area contributed by atoms with Gasteiger partial charge < -0.3 is 10.4 Å². The lowest BCUT2D eigenvalue weighted by atomic mass is 10.1. The van der Waals surface area contributed by atoms with Crippen LogP contribution in [0.5, 0.6) is 0 Å². The average Bonchev–Trinajstić information content (AvgIpc) is 2.82. The van der Waals surface area contributed by atoms with Crippen LogP contribution in [-0.4, -0.2) is 33.4 Å². The van der Waals surface area contributed by atoms with Gasteiger partial charge in [-0.3, -0.25) is 9.48 Å². The minimum atomic E-state index is -0.344. The van der Waals surface area contributed by atoms with E-state index in [1.165, 1.54) is 0 Å². The van der Waals surface area contributed by atoms with Crippen molar-refractivity contribution in [2.45, 2.75) is 59.1 Å². The smallest absolute Gasteiger partial charge is 0.254 e. The fourth-order valence-electron chi connectivity index (χ4n) is 1.85. The standard InChI is InChI=1S/C14H25N3O2/c1-5-11(18)7-8-15-14(19)12-9-17(6-2)16-13(12)10(3)4/h9-11,18H,5-8H2,1-4H3,(H,15,19). The summed E-state index contributed by atoms with van der Waals surface area (Å²) in [7, 11) is 0. The van der Waals surface area contributed by atoms with Crippen molar-refractivity contribution in [1.29, 1.82) is 0 Å². The van der Waals surface area contributed by atoms with Crippen LogP contribution in [0.3, 0.4) is 0 Å². The van der Waals surface area contributed by atoms with Gasteiger partial charge in [0.1, 0.15) is 0 Å². The molecule has 1 heterocycles. The van der Waals surface area contributed by atoms with Gasteiger partial charge in [0, 0.05) is 19.3 Å². The number of hydrogen-bond acceptors (Lipinski definition) is 3. The highest BCUT2D eigenvalue weighted by molar-refractivity contribution is 5.95. The monoisotopic (exact) mass is 267 g/mol. The van der Waals surface area contributed by atoms with Crippen LogP contribution in [0.15, 0.2) is 6.20 Å². The topological polar surface area (TPSA) is 67.2 Å². The van der Waals surface area contributed by atoms with Gasteiger partial charge in [-0.15, -0.1) is 0 Å². The van der Waals surface area contributed by atoms with E-state index in [0.717, 1.165) is 12.2 Å². The zero-order chi connectivity index (χ0) is 14.4. The Morgan fingerprint density at radius 3 is 2.68 bits per heavy atom. The lowest BCUT2D eigenvalue weighted by Crippen LogP contribution is -2.27. The summed E-state index contributed by atoms with van der Waals surface area (Å²) in [6.07, 6.45) is 2.74. The van der Waals surface area contributed by atoms with Gasteiger partial charge in [-0.1, -0.05) is 20.8 Å². The van der Waals surface area contributed by atoms with E-state index >= 15 is 0 Å². The first-order valence-corrected chi connectivity index (χ1v) is 7.03. The molecule has 2 N–H and O–H groups in total. The van der Waals surface area contributed by atoms with Gasteiger partial charge in [0.05, 0.1) is 17.4 Å². The molecule has 1 atom stereocenters. The molecule has 19 heavy (non-hydrogen) atoms. The predicted molar refractivity (Wildman–Crippen MR) is 75.2 cm³/mol. The molecule has 0 saturated heterocycles. The van der Waals surface area contributed by atoms with Crippen molar-refractivity contribution in [3.63, 3.8) is 0 Å². The van der Waals surface area contributed by atoms with Gasteiger partial charge in [0.25, 0.3) is 5.91 Å². The number of nitrogens with zero attached hydrogens (tertiary/aromatic N) is 2. The third-order valence-electron chi connectivity index (χ3n) is 3.14. The number of aryl methyl sites for hydroxylation is 1. The second-order valence-corrected chi connectivity index (χ2v) is 5.05. The minimum Gasteiger partial charge on any atom is -0.393 e. The maximum absolute atomic E-state index is 12.1. The first-order chi connectivity index (χ1) is 8.99. The van der Waals surface area contributed by atoms with Crippen LogP contribution in [0.25, 0.3) is 0 Å². The summed E-state index contributed by atoms with van der Waals surface area (Å²) >= 11 is 0. The molecule has 0 fully saturated rings. The van der Waals surface area contributed by atoms with Crippen molar-refractivity contribution in [2.24, 2.45) is 0 Å². The van der Waals surface area contributed by atoms with Crippen molar-refractivity contribution >= 4 is 5.91 Å². The molecule has 0 aliphatic heterocycles. The van der Waals surface area contributed by atoms with E-state index in [1.54, 1.807) is 10.9 Å². The molecule has 1 aromatic heterocycles. The zero-order valence-electron chi connectivity index (χ0n) is 12.3. The quantitative estimate of drug-likeness (QED) is 0.793. The number of rotatable bonds is 7. The van der Waals surface area contributed by atoms with E-state index in [-0.39, 0.29) is 17.9 Å². The second kappa shape index (κ2) is 7.28. The van der Waals surface area contributed by atoms with Gasteiger partial charge >= 0.3 is 0 Å². The number of carbonyl (C=O) groups excluding carboxylic acids is 1. The molecule has 0 saturated carbocycles. The number of aromatic nitrogens is 2. The van der Waals surface area contributed by atoms with Crippen molar-refractivity contribution in [2.75, 3.05) is 6.54 Å². The number of aliphatic hydroxyl groups is 1. The molecule has 1 unspecified atom stereocenters. The molecule has 108 valence electrons. The highest BCUT2D eigenvalue weighted by Gasteiger charge is 2.18. The van der Waals surface area contributed by atoms with Crippen LogP contribution >= 0.6 is 0 Å². The third-order valence-corrected chi connectivity index (χ3v) is 3.14. The van der Waals surface area contributed by atoms with Crippen LogP contribution < -0.4 is 5.32 Å². The molecule has 1 amide bonds. The Morgan fingerprint density at radius 1 is 1.47 bits per heavy atom. The molecular formula is C14H25N3O2. The molecule has 0 aliphatic carbocycles. The Kier molecular flexibility index (Phi) is 6.02. The lowest BCUT2D eigenvalue weighted by molar-refractivity contribution is 0.0940. The molecular weight excluding hydrogens is 242 g/mol. The van der Waals surface area contributed by atoms with E-state index in [2.05, 4.69) is 10.4 Å². The summed E-state index contributed by atoms with van der Waals surface area (Å²) < 4.78 is 1.78. The number of amides is 1. The van der Waals surface area contributed by atoms with E-state index in [1.807, 2.05) is 27.7 Å². The first-order valence-electron chi connectivity index (χ1n) is 7.03. The third kappa shape index (κ3) is 4.35. The number of hydrogen-bond donors (Lipinski definition) is 2. The molecule has 0 aliphatic rings. The average molecular weight is 267 g/mol. The Labute approximate surface area is 115 Å². The Balaban J connectivity index is 2.68. The van der Waals surface area contributed by atoms with E-state index in [0.29, 0.717) is 24.9 Å². The van der Waals surface area contributed by atoms with E-state index in [4.69, 9.17) is 0 Å². The largest absolute Gasteiger partial charge is 0.393 e. The molecule has 0 radical (unpaired) electrons. The maximum atomic E-state index is 12.1. The SMILES string of the molecule is CCC(O)CCNC(=O)c1cn(CC)nc1C(C)C. The first kappa shape index (κ1) is 15.7. The van der Waals surface area contributed by atoms with Crippen molar-refractivity contribution < 1.29 is 9.90 Å².